The Labute approximate surface area is 92.1 Å². The molecule has 1 amide bonds. The van der Waals surface area contributed by atoms with Crippen molar-refractivity contribution < 1.29 is 9.53 Å². The summed E-state index contributed by atoms with van der Waals surface area (Å²) >= 11 is 0. The molecule has 0 N–H and O–H groups in total. The van der Waals surface area contributed by atoms with Crippen LogP contribution in [-0.2, 0) is 9.53 Å². The molecule has 1 saturated heterocycles. The molecular formula is C12H21NO2. The number of allylic oxidation sites excluding steroid dienone is 1. The van der Waals surface area contributed by atoms with Crippen molar-refractivity contribution >= 4 is 5.91 Å². The van der Waals surface area contributed by atoms with E-state index in [-0.39, 0.29) is 5.91 Å². The molecule has 0 aromatic heterocycles. The van der Waals surface area contributed by atoms with Crippen LogP contribution in [0.15, 0.2) is 12.7 Å². The number of hydrogen-bond donors (Lipinski definition) is 0. The standard InChI is InChI=1S/C12H21NO2/c1-2-3-4-5-6-7-12(14)13-8-10-15-11-9-13/h2H,1,3-11H2. The van der Waals surface area contributed by atoms with E-state index in [2.05, 4.69) is 6.58 Å². The Morgan fingerprint density at radius 1 is 1.27 bits per heavy atom. The largest absolute Gasteiger partial charge is 0.378 e. The van der Waals surface area contributed by atoms with Crippen LogP contribution in [0, 0.1) is 0 Å². The quantitative estimate of drug-likeness (QED) is 0.496. The van der Waals surface area contributed by atoms with Crippen LogP contribution in [0.3, 0.4) is 0 Å². The van der Waals surface area contributed by atoms with Gasteiger partial charge in [0.15, 0.2) is 0 Å². The Bertz CT molecular complexity index is 198. The van der Waals surface area contributed by atoms with Crippen molar-refractivity contribution in [2.75, 3.05) is 26.3 Å². The maximum absolute atomic E-state index is 11.7. The van der Waals surface area contributed by atoms with Gasteiger partial charge in [-0.15, -0.1) is 6.58 Å². The van der Waals surface area contributed by atoms with E-state index < -0.39 is 0 Å². The van der Waals surface area contributed by atoms with Gasteiger partial charge < -0.3 is 9.64 Å². The SMILES string of the molecule is C=CCCCCCC(=O)N1CCOCC1. The molecule has 3 heteroatoms. The molecule has 15 heavy (non-hydrogen) atoms. The van der Waals surface area contributed by atoms with Gasteiger partial charge in [0.05, 0.1) is 13.2 Å². The first kappa shape index (κ1) is 12.2. The lowest BCUT2D eigenvalue weighted by atomic mass is 10.1. The number of unbranched alkanes of at least 4 members (excludes halogenated alkanes) is 3. The highest BCUT2D eigenvalue weighted by Crippen LogP contribution is 2.07. The van der Waals surface area contributed by atoms with E-state index in [4.69, 9.17) is 4.74 Å². The van der Waals surface area contributed by atoms with Crippen LogP contribution in [0.5, 0.6) is 0 Å². The van der Waals surface area contributed by atoms with Crippen molar-refractivity contribution in [3.8, 4) is 0 Å². The maximum Gasteiger partial charge on any atom is 0.222 e. The number of carbonyl (C=O) groups is 1. The topological polar surface area (TPSA) is 29.5 Å². The van der Waals surface area contributed by atoms with Crippen molar-refractivity contribution in [1.82, 2.24) is 4.90 Å². The summed E-state index contributed by atoms with van der Waals surface area (Å²) in [7, 11) is 0. The van der Waals surface area contributed by atoms with Crippen LogP contribution < -0.4 is 0 Å². The van der Waals surface area contributed by atoms with Gasteiger partial charge in [0, 0.05) is 19.5 Å². The number of morpholine rings is 1. The zero-order valence-electron chi connectivity index (χ0n) is 9.41. The average Bonchev–Trinajstić information content (AvgIpc) is 2.30. The lowest BCUT2D eigenvalue weighted by Crippen LogP contribution is -2.40. The number of hydrogen-bond acceptors (Lipinski definition) is 2. The fraction of sp³-hybridized carbons (Fsp3) is 0.750. The Kier molecular flexibility index (Phi) is 6.09. The van der Waals surface area contributed by atoms with Crippen LogP contribution in [0.25, 0.3) is 0 Å². The molecule has 1 aliphatic heterocycles. The van der Waals surface area contributed by atoms with E-state index >= 15 is 0 Å². The molecule has 0 atom stereocenters. The number of nitrogens with zero attached hydrogens (tertiary/aromatic N) is 1. The fourth-order valence-electron chi connectivity index (χ4n) is 1.71. The highest BCUT2D eigenvalue weighted by Gasteiger charge is 2.15. The smallest absolute Gasteiger partial charge is 0.222 e. The third-order valence-corrected chi connectivity index (χ3v) is 2.66. The van der Waals surface area contributed by atoms with Gasteiger partial charge >= 0.3 is 0 Å². The summed E-state index contributed by atoms with van der Waals surface area (Å²) in [5.41, 5.74) is 0. The number of rotatable bonds is 6. The molecule has 0 bridgehead atoms. The molecule has 1 fully saturated rings. The van der Waals surface area contributed by atoms with Gasteiger partial charge in [-0.3, -0.25) is 4.79 Å². The van der Waals surface area contributed by atoms with Gasteiger partial charge in [0.25, 0.3) is 0 Å². The molecule has 0 aromatic rings. The molecule has 1 rings (SSSR count). The zero-order chi connectivity index (χ0) is 10.9. The van der Waals surface area contributed by atoms with Crippen molar-refractivity contribution in [2.45, 2.75) is 32.1 Å². The predicted molar refractivity (Wildman–Crippen MR) is 60.7 cm³/mol. The average molecular weight is 211 g/mol. The molecule has 1 heterocycles. The van der Waals surface area contributed by atoms with Gasteiger partial charge in [-0.1, -0.05) is 12.5 Å². The van der Waals surface area contributed by atoms with Gasteiger partial charge in [-0.05, 0) is 19.3 Å². The Balaban J connectivity index is 2.04. The van der Waals surface area contributed by atoms with Gasteiger partial charge in [-0.2, -0.15) is 0 Å². The second-order valence-corrected chi connectivity index (χ2v) is 3.88. The van der Waals surface area contributed by atoms with Crippen molar-refractivity contribution in [3.63, 3.8) is 0 Å². The summed E-state index contributed by atoms with van der Waals surface area (Å²) in [5.74, 6) is 0.289. The molecule has 86 valence electrons. The molecule has 1 aliphatic rings. The van der Waals surface area contributed by atoms with E-state index in [1.165, 1.54) is 0 Å². The third-order valence-electron chi connectivity index (χ3n) is 2.66. The second kappa shape index (κ2) is 7.46. The summed E-state index contributed by atoms with van der Waals surface area (Å²) in [4.78, 5) is 13.6. The molecule has 0 spiro atoms. The van der Waals surface area contributed by atoms with Crippen LogP contribution in [0.1, 0.15) is 32.1 Å². The first-order valence-electron chi connectivity index (χ1n) is 5.81. The Morgan fingerprint density at radius 2 is 2.00 bits per heavy atom. The minimum Gasteiger partial charge on any atom is -0.378 e. The van der Waals surface area contributed by atoms with Gasteiger partial charge in [-0.25, -0.2) is 0 Å². The second-order valence-electron chi connectivity index (χ2n) is 3.88. The first-order chi connectivity index (χ1) is 7.34. The van der Waals surface area contributed by atoms with Crippen molar-refractivity contribution in [1.29, 1.82) is 0 Å². The Hall–Kier alpha value is -0.830. The highest BCUT2D eigenvalue weighted by atomic mass is 16.5. The lowest BCUT2D eigenvalue weighted by molar-refractivity contribution is -0.135. The molecule has 0 unspecified atom stereocenters. The highest BCUT2D eigenvalue weighted by molar-refractivity contribution is 5.76. The molecule has 3 nitrogen and oxygen atoms in total. The summed E-state index contributed by atoms with van der Waals surface area (Å²) in [5, 5.41) is 0. The van der Waals surface area contributed by atoms with Crippen LogP contribution in [0.2, 0.25) is 0 Å². The minimum atomic E-state index is 0.289. The molecule has 0 radical (unpaired) electrons. The number of ether oxygens (including phenoxy) is 1. The molecule has 0 aliphatic carbocycles. The van der Waals surface area contributed by atoms with Crippen LogP contribution in [-0.4, -0.2) is 37.1 Å². The summed E-state index contributed by atoms with van der Waals surface area (Å²) in [6, 6.07) is 0. The predicted octanol–water partition coefficient (Wildman–Crippen LogP) is 1.98. The van der Waals surface area contributed by atoms with Crippen molar-refractivity contribution in [2.24, 2.45) is 0 Å². The monoisotopic (exact) mass is 211 g/mol. The maximum atomic E-state index is 11.7. The van der Waals surface area contributed by atoms with E-state index in [1.54, 1.807) is 0 Å². The number of amides is 1. The van der Waals surface area contributed by atoms with Gasteiger partial charge in [0.2, 0.25) is 5.91 Å². The normalized spacial score (nSPS) is 16.4. The van der Waals surface area contributed by atoms with E-state index in [0.717, 1.165) is 38.8 Å². The van der Waals surface area contributed by atoms with Crippen molar-refractivity contribution in [3.05, 3.63) is 12.7 Å². The minimum absolute atomic E-state index is 0.289. The summed E-state index contributed by atoms with van der Waals surface area (Å²) in [6.45, 7) is 6.61. The lowest BCUT2D eigenvalue weighted by Gasteiger charge is -2.26. The van der Waals surface area contributed by atoms with E-state index in [0.29, 0.717) is 19.6 Å². The zero-order valence-corrected chi connectivity index (χ0v) is 9.41. The first-order valence-corrected chi connectivity index (χ1v) is 5.81. The Morgan fingerprint density at radius 3 is 2.67 bits per heavy atom. The molecule has 0 saturated carbocycles. The van der Waals surface area contributed by atoms with E-state index in [9.17, 15) is 4.79 Å². The van der Waals surface area contributed by atoms with Crippen LogP contribution >= 0.6 is 0 Å². The van der Waals surface area contributed by atoms with Crippen LogP contribution in [0.4, 0.5) is 0 Å². The van der Waals surface area contributed by atoms with Gasteiger partial charge in [0.1, 0.15) is 0 Å². The summed E-state index contributed by atoms with van der Waals surface area (Å²) < 4.78 is 5.20. The number of carbonyl (C=O) groups excluding carboxylic acids is 1. The summed E-state index contributed by atoms with van der Waals surface area (Å²) in [6.07, 6.45) is 6.97. The molecular weight excluding hydrogens is 190 g/mol. The van der Waals surface area contributed by atoms with E-state index in [1.807, 2.05) is 11.0 Å². The third kappa shape index (κ3) is 4.98. The molecule has 0 aromatic carbocycles. The fourth-order valence-corrected chi connectivity index (χ4v) is 1.71.